The number of fused-ring (bicyclic) bond motifs is 1. The molecule has 0 saturated carbocycles. The van der Waals surface area contributed by atoms with Crippen LogP contribution < -0.4 is 14.9 Å². The normalized spacial score (nSPS) is 19.0. The van der Waals surface area contributed by atoms with Crippen molar-refractivity contribution in [1.29, 1.82) is 0 Å². The molecule has 34 heavy (non-hydrogen) atoms. The molecule has 1 aliphatic heterocycles. The lowest BCUT2D eigenvalue weighted by molar-refractivity contribution is 0.553. The van der Waals surface area contributed by atoms with Crippen molar-refractivity contribution in [3.63, 3.8) is 0 Å². The summed E-state index contributed by atoms with van der Waals surface area (Å²) in [4.78, 5) is 19.6. The second kappa shape index (κ2) is 8.88. The molecule has 2 aliphatic rings. The average molecular weight is 461 g/mol. The fourth-order valence-electron chi connectivity index (χ4n) is 4.94. The third kappa shape index (κ3) is 3.80. The van der Waals surface area contributed by atoms with Gasteiger partial charge in [-0.05, 0) is 59.3 Å². The molecule has 6 rings (SSSR count). The minimum atomic E-state index is -0.121. The molecule has 0 bridgehead atoms. The van der Waals surface area contributed by atoms with Gasteiger partial charge in [-0.1, -0.05) is 102 Å². The van der Waals surface area contributed by atoms with Crippen molar-refractivity contribution < 1.29 is 0 Å². The highest BCUT2D eigenvalue weighted by Crippen LogP contribution is 2.40. The van der Waals surface area contributed by atoms with Gasteiger partial charge in [0.2, 0.25) is 0 Å². The Bertz CT molecular complexity index is 1580. The van der Waals surface area contributed by atoms with Gasteiger partial charge in [0.15, 0.2) is 4.80 Å². The maximum Gasteiger partial charge on any atom is 0.271 e. The minimum absolute atomic E-state index is 0.0344. The van der Waals surface area contributed by atoms with E-state index < -0.39 is 0 Å². The summed E-state index contributed by atoms with van der Waals surface area (Å²) in [6.07, 6.45) is 7.25. The standard InChI is InChI=1S/C30H24N2OS/c33-29-26(20-22-13-6-2-7-14-22)34-30-31-27-24(19-21-11-4-1-5-12-21)17-10-18-25(27)28(32(29)30)23-15-8-3-9-16-23/h1-9,11-16,19-20,28H,10,17-18H2. The van der Waals surface area contributed by atoms with Gasteiger partial charge in [-0.3, -0.25) is 9.36 Å². The van der Waals surface area contributed by atoms with Gasteiger partial charge < -0.3 is 0 Å². The molecule has 0 saturated heterocycles. The van der Waals surface area contributed by atoms with Crippen LogP contribution in [0.4, 0.5) is 0 Å². The van der Waals surface area contributed by atoms with Gasteiger partial charge in [-0.2, -0.15) is 0 Å². The predicted molar refractivity (Wildman–Crippen MR) is 139 cm³/mol. The van der Waals surface area contributed by atoms with E-state index in [1.807, 2.05) is 53.1 Å². The van der Waals surface area contributed by atoms with Crippen LogP contribution in [0.5, 0.6) is 0 Å². The summed E-state index contributed by atoms with van der Waals surface area (Å²) in [5.41, 5.74) is 6.96. The Kier molecular flexibility index (Phi) is 5.44. The Morgan fingerprint density at radius 2 is 1.41 bits per heavy atom. The van der Waals surface area contributed by atoms with Crippen LogP contribution in [0.15, 0.2) is 118 Å². The maximum absolute atomic E-state index is 13.7. The number of benzene rings is 3. The molecule has 1 unspecified atom stereocenters. The molecular formula is C30H24N2OS. The molecule has 1 aromatic heterocycles. The summed E-state index contributed by atoms with van der Waals surface area (Å²) in [5, 5.41) is 0. The van der Waals surface area contributed by atoms with Gasteiger partial charge in [0.1, 0.15) is 0 Å². The molecule has 3 aromatic carbocycles. The summed E-state index contributed by atoms with van der Waals surface area (Å²) >= 11 is 1.49. The Morgan fingerprint density at radius 3 is 2.09 bits per heavy atom. The van der Waals surface area contributed by atoms with Gasteiger partial charge in [-0.25, -0.2) is 4.99 Å². The molecule has 0 fully saturated rings. The van der Waals surface area contributed by atoms with Crippen LogP contribution in [0.2, 0.25) is 0 Å². The Hall–Kier alpha value is -3.76. The van der Waals surface area contributed by atoms with E-state index in [0.29, 0.717) is 0 Å². The number of hydrogen-bond donors (Lipinski definition) is 0. The Morgan fingerprint density at radius 1 is 0.794 bits per heavy atom. The fraction of sp³-hybridized carbons (Fsp3) is 0.133. The van der Waals surface area contributed by atoms with Crippen molar-refractivity contribution >= 4 is 23.5 Å². The number of aromatic nitrogens is 1. The Balaban J connectivity index is 1.59. The first kappa shape index (κ1) is 20.8. The molecule has 0 N–H and O–H groups in total. The zero-order valence-electron chi connectivity index (χ0n) is 18.7. The highest BCUT2D eigenvalue weighted by molar-refractivity contribution is 7.07. The number of rotatable bonds is 3. The van der Waals surface area contributed by atoms with E-state index in [1.54, 1.807) is 0 Å². The zero-order valence-corrected chi connectivity index (χ0v) is 19.5. The molecule has 3 nitrogen and oxygen atoms in total. The van der Waals surface area contributed by atoms with E-state index >= 15 is 0 Å². The summed E-state index contributed by atoms with van der Waals surface area (Å²) in [6.45, 7) is 0. The van der Waals surface area contributed by atoms with E-state index in [0.717, 1.165) is 45.4 Å². The van der Waals surface area contributed by atoms with E-state index in [4.69, 9.17) is 4.99 Å². The largest absolute Gasteiger partial charge is 0.272 e. The average Bonchev–Trinajstić information content (AvgIpc) is 3.19. The van der Waals surface area contributed by atoms with Crippen LogP contribution in [0.25, 0.3) is 12.2 Å². The Labute approximate surface area is 202 Å². The first-order valence-corrected chi connectivity index (χ1v) is 12.5. The molecular weight excluding hydrogens is 436 g/mol. The minimum Gasteiger partial charge on any atom is -0.272 e. The van der Waals surface area contributed by atoms with Gasteiger partial charge >= 0.3 is 0 Å². The highest BCUT2D eigenvalue weighted by Gasteiger charge is 2.32. The predicted octanol–water partition coefficient (Wildman–Crippen LogP) is 5.48. The molecule has 1 aliphatic carbocycles. The van der Waals surface area contributed by atoms with Crippen molar-refractivity contribution in [2.45, 2.75) is 25.3 Å². The van der Waals surface area contributed by atoms with Gasteiger partial charge in [-0.15, -0.1) is 0 Å². The van der Waals surface area contributed by atoms with Crippen LogP contribution in [0.3, 0.4) is 0 Å². The molecule has 0 radical (unpaired) electrons. The van der Waals surface area contributed by atoms with Crippen LogP contribution in [-0.2, 0) is 0 Å². The van der Waals surface area contributed by atoms with E-state index in [9.17, 15) is 4.79 Å². The third-order valence-electron chi connectivity index (χ3n) is 6.49. The number of nitrogens with zero attached hydrogens (tertiary/aromatic N) is 2. The van der Waals surface area contributed by atoms with E-state index in [1.165, 1.54) is 28.0 Å². The lowest BCUT2D eigenvalue weighted by Crippen LogP contribution is -2.39. The van der Waals surface area contributed by atoms with Crippen LogP contribution in [0.1, 0.15) is 42.0 Å². The number of allylic oxidation sites excluding steroid dienone is 2. The van der Waals surface area contributed by atoms with E-state index in [-0.39, 0.29) is 11.6 Å². The first-order valence-electron chi connectivity index (χ1n) is 11.7. The first-order chi connectivity index (χ1) is 16.8. The molecule has 166 valence electrons. The van der Waals surface area contributed by atoms with Gasteiger partial charge in [0.05, 0.1) is 16.3 Å². The molecule has 0 amide bonds. The van der Waals surface area contributed by atoms with Gasteiger partial charge in [0.25, 0.3) is 5.56 Å². The molecule has 0 spiro atoms. The molecule has 2 heterocycles. The van der Waals surface area contributed by atoms with Crippen LogP contribution in [-0.4, -0.2) is 4.57 Å². The lowest BCUT2D eigenvalue weighted by atomic mass is 9.84. The SMILES string of the molecule is O=c1c(=Cc2ccccc2)sc2n1C(c1ccccc1)C1=C(N=2)C(=Cc2ccccc2)CCC1. The second-order valence-electron chi connectivity index (χ2n) is 8.71. The number of hydrogen-bond acceptors (Lipinski definition) is 3. The topological polar surface area (TPSA) is 34.4 Å². The zero-order chi connectivity index (χ0) is 22.9. The van der Waals surface area contributed by atoms with Crippen molar-refractivity contribution in [3.8, 4) is 0 Å². The summed E-state index contributed by atoms with van der Waals surface area (Å²) in [5.74, 6) is 0. The van der Waals surface area contributed by atoms with Crippen LogP contribution >= 0.6 is 11.3 Å². The monoisotopic (exact) mass is 460 g/mol. The molecule has 4 aromatic rings. The van der Waals surface area contributed by atoms with Gasteiger partial charge in [0, 0.05) is 0 Å². The quantitative estimate of drug-likeness (QED) is 0.398. The van der Waals surface area contributed by atoms with Crippen molar-refractivity contribution in [1.82, 2.24) is 4.57 Å². The lowest BCUT2D eigenvalue weighted by Gasteiger charge is -2.31. The summed E-state index contributed by atoms with van der Waals surface area (Å²) in [6, 6.07) is 30.7. The molecule has 4 heteroatoms. The second-order valence-corrected chi connectivity index (χ2v) is 9.72. The van der Waals surface area contributed by atoms with Crippen molar-refractivity contribution in [2.24, 2.45) is 4.99 Å². The van der Waals surface area contributed by atoms with E-state index in [2.05, 4.69) is 54.6 Å². The summed E-state index contributed by atoms with van der Waals surface area (Å²) in [7, 11) is 0. The van der Waals surface area contributed by atoms with Crippen molar-refractivity contribution in [3.05, 3.63) is 144 Å². The number of thiazole rings is 1. The summed E-state index contributed by atoms with van der Waals surface area (Å²) < 4.78 is 2.64. The fourth-order valence-corrected chi connectivity index (χ4v) is 5.94. The maximum atomic E-state index is 13.7. The van der Waals surface area contributed by atoms with Crippen LogP contribution in [0, 0.1) is 0 Å². The highest BCUT2D eigenvalue weighted by atomic mass is 32.1. The van der Waals surface area contributed by atoms with Crippen molar-refractivity contribution in [2.75, 3.05) is 0 Å². The molecule has 1 atom stereocenters. The smallest absolute Gasteiger partial charge is 0.271 e. The third-order valence-corrected chi connectivity index (χ3v) is 7.47.